The van der Waals surface area contributed by atoms with E-state index in [4.69, 9.17) is 21.1 Å². The molecule has 1 N–H and O–H groups in total. The number of aromatic nitrogens is 1. The van der Waals surface area contributed by atoms with Crippen LogP contribution in [0.15, 0.2) is 82.6 Å². The average Bonchev–Trinajstić information content (AvgIpc) is 3.46. The molecule has 8 nitrogen and oxygen atoms in total. The van der Waals surface area contributed by atoms with Gasteiger partial charge in [0, 0.05) is 21.4 Å². The van der Waals surface area contributed by atoms with Gasteiger partial charge in [-0.25, -0.2) is 9.69 Å². The molecular formula is C30H23ClN2O6S2. The smallest absolute Gasteiger partial charge is 0.338 e. The third-order valence-corrected chi connectivity index (χ3v) is 9.63. The molecule has 2 aliphatic heterocycles. The number of nitrogens with one attached hydrogen (secondary N) is 1. The second-order valence-electron chi connectivity index (χ2n) is 9.49. The van der Waals surface area contributed by atoms with Crippen LogP contribution < -0.4 is 14.5 Å². The normalized spacial score (nSPS) is 19.6. The van der Waals surface area contributed by atoms with Crippen LogP contribution in [0, 0.1) is 5.92 Å². The number of ether oxygens (including phenoxy) is 2. The van der Waals surface area contributed by atoms with Gasteiger partial charge in [-0.15, -0.1) is 0 Å². The molecule has 208 valence electrons. The highest BCUT2D eigenvalue weighted by Gasteiger charge is 2.56. The van der Waals surface area contributed by atoms with Gasteiger partial charge in [-0.2, -0.15) is 0 Å². The van der Waals surface area contributed by atoms with Crippen molar-refractivity contribution in [1.29, 1.82) is 0 Å². The van der Waals surface area contributed by atoms with Gasteiger partial charge in [0.2, 0.25) is 11.8 Å². The fourth-order valence-corrected chi connectivity index (χ4v) is 7.94. The van der Waals surface area contributed by atoms with Crippen LogP contribution in [0.2, 0.25) is 5.02 Å². The molecule has 41 heavy (non-hydrogen) atoms. The van der Waals surface area contributed by atoms with Gasteiger partial charge < -0.3 is 14.5 Å². The molecule has 0 unspecified atom stereocenters. The standard InChI is InChI=1S/C30H23ClN2O6S2/c1-2-38-29(36)17-10-12-19(13-11-17)33-27(34)23-22(24-26(32-30(37)41-24)40-25(23)28(33)35)20-8-3-4-9-21(20)39-15-16-6-5-7-18(31)14-16/h3-14,22-23,25H,2,15H2,1H3,(H,32,37)/t22-,23-,25+/m0/s1. The van der Waals surface area contributed by atoms with E-state index in [1.165, 1.54) is 28.8 Å². The molecule has 3 atom stereocenters. The molecule has 1 fully saturated rings. The van der Waals surface area contributed by atoms with E-state index in [1.807, 2.05) is 42.5 Å². The fraction of sp³-hybridized carbons (Fsp3) is 0.200. The number of aromatic amines is 1. The van der Waals surface area contributed by atoms with E-state index in [2.05, 4.69) is 4.98 Å². The summed E-state index contributed by atoms with van der Waals surface area (Å²) in [5.41, 5.74) is 2.27. The maximum Gasteiger partial charge on any atom is 0.338 e. The summed E-state index contributed by atoms with van der Waals surface area (Å²) < 4.78 is 11.3. The van der Waals surface area contributed by atoms with Crippen LogP contribution in [0.4, 0.5) is 5.69 Å². The van der Waals surface area contributed by atoms with Gasteiger partial charge in [-0.3, -0.25) is 14.4 Å². The first kappa shape index (κ1) is 27.3. The maximum absolute atomic E-state index is 14.1. The molecule has 0 bridgehead atoms. The third-order valence-electron chi connectivity index (χ3n) is 7.00. The number of fused-ring (bicyclic) bond motifs is 2. The van der Waals surface area contributed by atoms with E-state index < -0.39 is 23.1 Å². The third kappa shape index (κ3) is 5.07. The molecule has 0 saturated carbocycles. The van der Waals surface area contributed by atoms with Crippen molar-refractivity contribution >= 4 is 58.2 Å². The zero-order chi connectivity index (χ0) is 28.7. The van der Waals surface area contributed by atoms with E-state index in [9.17, 15) is 19.2 Å². The molecule has 0 radical (unpaired) electrons. The van der Waals surface area contributed by atoms with Crippen molar-refractivity contribution in [3.05, 3.63) is 109 Å². The minimum absolute atomic E-state index is 0.238. The van der Waals surface area contributed by atoms with E-state index in [0.29, 0.717) is 37.5 Å². The monoisotopic (exact) mass is 606 g/mol. The topological polar surface area (TPSA) is 106 Å². The molecule has 3 heterocycles. The number of nitrogens with zero attached hydrogens (tertiary/aromatic N) is 1. The number of carbonyl (C=O) groups excluding carboxylic acids is 3. The Balaban J connectivity index is 1.37. The van der Waals surface area contributed by atoms with Crippen LogP contribution in [0.25, 0.3) is 0 Å². The molecular weight excluding hydrogens is 584 g/mol. The Labute approximate surface area is 248 Å². The molecule has 6 rings (SSSR count). The molecule has 2 aliphatic rings. The van der Waals surface area contributed by atoms with Gasteiger partial charge >= 0.3 is 10.8 Å². The Morgan fingerprint density at radius 3 is 2.54 bits per heavy atom. The van der Waals surface area contributed by atoms with E-state index in [-0.39, 0.29) is 29.9 Å². The van der Waals surface area contributed by atoms with Crippen molar-refractivity contribution in [3.63, 3.8) is 0 Å². The van der Waals surface area contributed by atoms with Crippen LogP contribution in [-0.4, -0.2) is 34.6 Å². The van der Waals surface area contributed by atoms with Crippen molar-refractivity contribution in [2.24, 2.45) is 5.92 Å². The highest BCUT2D eigenvalue weighted by atomic mass is 35.5. The number of esters is 1. The molecule has 0 spiro atoms. The van der Waals surface area contributed by atoms with Crippen molar-refractivity contribution in [2.45, 2.75) is 29.7 Å². The number of carbonyl (C=O) groups is 3. The summed E-state index contributed by atoms with van der Waals surface area (Å²) in [6.07, 6.45) is 0. The Hall–Kier alpha value is -3.86. The van der Waals surface area contributed by atoms with Crippen molar-refractivity contribution < 1.29 is 23.9 Å². The number of benzene rings is 3. The first-order valence-corrected chi connectivity index (χ1v) is 14.9. The Kier molecular flexibility index (Phi) is 7.46. The van der Waals surface area contributed by atoms with Gasteiger partial charge in [-0.05, 0) is 55.0 Å². The Morgan fingerprint density at radius 1 is 1.00 bits per heavy atom. The van der Waals surface area contributed by atoms with E-state index in [1.54, 1.807) is 25.1 Å². The summed E-state index contributed by atoms with van der Waals surface area (Å²) in [4.78, 5) is 56.8. The number of halogens is 1. The van der Waals surface area contributed by atoms with Crippen LogP contribution in [0.5, 0.6) is 5.75 Å². The lowest BCUT2D eigenvalue weighted by atomic mass is 9.82. The lowest BCUT2D eigenvalue weighted by Gasteiger charge is -2.30. The summed E-state index contributed by atoms with van der Waals surface area (Å²) in [6.45, 7) is 2.20. The molecule has 0 aliphatic carbocycles. The van der Waals surface area contributed by atoms with Crippen molar-refractivity contribution in [1.82, 2.24) is 4.98 Å². The van der Waals surface area contributed by atoms with Crippen LogP contribution in [-0.2, 0) is 20.9 Å². The highest BCUT2D eigenvalue weighted by Crippen LogP contribution is 2.54. The fourth-order valence-electron chi connectivity index (χ4n) is 5.22. The quantitative estimate of drug-likeness (QED) is 0.214. The SMILES string of the molecule is CCOC(=O)c1ccc(N2C(=O)[C@H]3[C@H](c4ccccc4OCc4cccc(Cl)c4)c4sc(=O)[nH]c4S[C@H]3C2=O)cc1. The Morgan fingerprint density at radius 2 is 1.78 bits per heavy atom. The predicted octanol–water partition coefficient (Wildman–Crippen LogP) is 5.64. The van der Waals surface area contributed by atoms with Crippen LogP contribution >= 0.6 is 34.7 Å². The second kappa shape index (κ2) is 11.2. The number of thioether (sulfide) groups is 1. The number of imide groups is 1. The minimum atomic E-state index is -0.771. The summed E-state index contributed by atoms with van der Waals surface area (Å²) >= 11 is 8.39. The zero-order valence-corrected chi connectivity index (χ0v) is 24.1. The van der Waals surface area contributed by atoms with Crippen LogP contribution in [0.1, 0.15) is 39.2 Å². The number of amides is 2. The molecule has 11 heteroatoms. The number of hydrogen-bond donors (Lipinski definition) is 1. The molecule has 1 aromatic heterocycles. The minimum Gasteiger partial charge on any atom is -0.489 e. The second-order valence-corrected chi connectivity index (χ2v) is 12.1. The number of anilines is 1. The zero-order valence-electron chi connectivity index (χ0n) is 21.7. The average molecular weight is 607 g/mol. The molecule has 2 amide bonds. The maximum atomic E-state index is 14.1. The lowest BCUT2D eigenvalue weighted by Crippen LogP contribution is -2.32. The van der Waals surface area contributed by atoms with E-state index in [0.717, 1.165) is 16.9 Å². The van der Waals surface area contributed by atoms with Gasteiger partial charge in [0.05, 0.1) is 28.8 Å². The first-order valence-electron chi connectivity index (χ1n) is 12.9. The van der Waals surface area contributed by atoms with Crippen molar-refractivity contribution in [3.8, 4) is 5.75 Å². The number of rotatable bonds is 7. The van der Waals surface area contributed by atoms with Crippen molar-refractivity contribution in [2.75, 3.05) is 11.5 Å². The lowest BCUT2D eigenvalue weighted by molar-refractivity contribution is -0.122. The summed E-state index contributed by atoms with van der Waals surface area (Å²) in [5, 5.41) is 0.422. The summed E-state index contributed by atoms with van der Waals surface area (Å²) in [5.74, 6) is -2.05. The number of para-hydroxylation sites is 1. The van der Waals surface area contributed by atoms with Crippen LogP contribution in [0.3, 0.4) is 0 Å². The van der Waals surface area contributed by atoms with Gasteiger partial charge in [0.15, 0.2) is 0 Å². The summed E-state index contributed by atoms with van der Waals surface area (Å²) in [6, 6.07) is 20.9. The van der Waals surface area contributed by atoms with Gasteiger partial charge in [-0.1, -0.05) is 65.0 Å². The summed E-state index contributed by atoms with van der Waals surface area (Å²) in [7, 11) is 0. The molecule has 1 saturated heterocycles. The first-order chi connectivity index (χ1) is 19.9. The largest absolute Gasteiger partial charge is 0.489 e. The van der Waals surface area contributed by atoms with Gasteiger partial charge in [0.25, 0.3) is 0 Å². The number of H-pyrrole nitrogens is 1. The molecule has 3 aromatic carbocycles. The molecule has 4 aromatic rings. The predicted molar refractivity (Wildman–Crippen MR) is 157 cm³/mol. The Bertz CT molecular complexity index is 1720. The number of hydrogen-bond acceptors (Lipinski definition) is 8. The van der Waals surface area contributed by atoms with Gasteiger partial charge in [0.1, 0.15) is 17.6 Å². The highest BCUT2D eigenvalue weighted by molar-refractivity contribution is 8.00. The number of thiazole rings is 1. The van der Waals surface area contributed by atoms with E-state index >= 15 is 0 Å².